The summed E-state index contributed by atoms with van der Waals surface area (Å²) in [7, 11) is 0. The van der Waals surface area contributed by atoms with Gasteiger partial charge in [-0.25, -0.2) is 4.79 Å². The molecule has 0 radical (unpaired) electrons. The maximum Gasteiger partial charge on any atom is 0.326 e. The standard InChI is InChI=1S/C18H22N2O5/c1-18(2)7-13-10(14(21)8-18)6-11(16(23)20-13)15(22)19-12(17(24)25)5-9-3-4-9/h6,9,12H,3-5,7-8H2,1-2H3,(H,19,22)(H,20,23)(H,24,25). The van der Waals surface area contributed by atoms with Crippen LogP contribution in [0.25, 0.3) is 0 Å². The van der Waals surface area contributed by atoms with Gasteiger partial charge >= 0.3 is 5.97 Å². The zero-order valence-corrected chi connectivity index (χ0v) is 14.3. The van der Waals surface area contributed by atoms with Crippen LogP contribution in [0, 0.1) is 11.3 Å². The number of hydrogen-bond donors (Lipinski definition) is 3. The Morgan fingerprint density at radius 3 is 2.60 bits per heavy atom. The van der Waals surface area contributed by atoms with E-state index in [0.717, 1.165) is 12.8 Å². The molecule has 2 aliphatic rings. The van der Waals surface area contributed by atoms with Gasteiger partial charge < -0.3 is 15.4 Å². The number of ketones is 1. The Morgan fingerprint density at radius 2 is 2.00 bits per heavy atom. The number of Topliss-reactive ketones (excluding diaryl/α,β-unsaturated/α-hetero) is 1. The molecule has 1 heterocycles. The van der Waals surface area contributed by atoms with Crippen LogP contribution in [0.3, 0.4) is 0 Å². The predicted octanol–water partition coefficient (Wildman–Crippen LogP) is 1.51. The van der Waals surface area contributed by atoms with Crippen molar-refractivity contribution in [3.63, 3.8) is 0 Å². The Bertz CT molecular complexity index is 804. The molecule has 0 aliphatic heterocycles. The van der Waals surface area contributed by atoms with Crippen molar-refractivity contribution >= 4 is 17.7 Å². The fraction of sp³-hybridized carbons (Fsp3) is 0.556. The van der Waals surface area contributed by atoms with Gasteiger partial charge in [-0.3, -0.25) is 14.4 Å². The van der Waals surface area contributed by atoms with Crippen molar-refractivity contribution in [2.24, 2.45) is 11.3 Å². The third-order valence-corrected chi connectivity index (χ3v) is 4.83. The minimum absolute atomic E-state index is 0.121. The summed E-state index contributed by atoms with van der Waals surface area (Å²) in [5.41, 5.74) is -0.171. The smallest absolute Gasteiger partial charge is 0.326 e. The molecule has 134 valence electrons. The molecule has 0 bridgehead atoms. The third-order valence-electron chi connectivity index (χ3n) is 4.83. The number of hydrogen-bond acceptors (Lipinski definition) is 4. The number of aliphatic carboxylic acids is 1. The van der Waals surface area contributed by atoms with E-state index >= 15 is 0 Å². The molecule has 1 amide bonds. The van der Waals surface area contributed by atoms with Gasteiger partial charge in [-0.05, 0) is 30.2 Å². The number of aromatic nitrogens is 1. The van der Waals surface area contributed by atoms with E-state index in [0.29, 0.717) is 36.4 Å². The molecule has 0 aromatic carbocycles. The number of carbonyl (C=O) groups is 3. The number of rotatable bonds is 5. The normalized spacial score (nSPS) is 19.8. The van der Waals surface area contributed by atoms with E-state index in [2.05, 4.69) is 10.3 Å². The molecule has 1 fully saturated rings. The summed E-state index contributed by atoms with van der Waals surface area (Å²) >= 11 is 0. The fourth-order valence-corrected chi connectivity index (χ4v) is 3.34. The van der Waals surface area contributed by atoms with Crippen LogP contribution in [0.5, 0.6) is 0 Å². The molecule has 1 atom stereocenters. The lowest BCUT2D eigenvalue weighted by molar-refractivity contribution is -0.139. The second-order valence-electron chi connectivity index (χ2n) is 7.89. The second kappa shape index (κ2) is 6.13. The molecule has 3 rings (SSSR count). The molecule has 0 spiro atoms. The Morgan fingerprint density at radius 1 is 1.32 bits per heavy atom. The summed E-state index contributed by atoms with van der Waals surface area (Å²) in [6, 6.07) is 0.280. The van der Waals surface area contributed by atoms with Crippen molar-refractivity contribution in [3.05, 3.63) is 33.2 Å². The van der Waals surface area contributed by atoms with Crippen molar-refractivity contribution < 1.29 is 19.5 Å². The van der Waals surface area contributed by atoms with Gasteiger partial charge in [-0.1, -0.05) is 26.7 Å². The zero-order chi connectivity index (χ0) is 18.4. The average Bonchev–Trinajstić information content (AvgIpc) is 3.28. The summed E-state index contributed by atoms with van der Waals surface area (Å²) in [4.78, 5) is 50.9. The number of nitrogens with one attached hydrogen (secondary N) is 2. The zero-order valence-electron chi connectivity index (χ0n) is 14.3. The van der Waals surface area contributed by atoms with Crippen molar-refractivity contribution in [3.8, 4) is 0 Å². The molecule has 1 unspecified atom stereocenters. The van der Waals surface area contributed by atoms with Gasteiger partial charge in [-0.2, -0.15) is 0 Å². The molecule has 1 aromatic heterocycles. The third kappa shape index (κ3) is 3.81. The van der Waals surface area contributed by atoms with Crippen LogP contribution in [0.2, 0.25) is 0 Å². The van der Waals surface area contributed by atoms with Crippen LogP contribution in [-0.2, 0) is 11.2 Å². The van der Waals surface area contributed by atoms with Crippen molar-refractivity contribution in [2.45, 2.75) is 52.0 Å². The van der Waals surface area contributed by atoms with Crippen LogP contribution in [0.15, 0.2) is 10.9 Å². The van der Waals surface area contributed by atoms with Crippen LogP contribution in [-0.4, -0.2) is 33.8 Å². The van der Waals surface area contributed by atoms with Crippen LogP contribution in [0.1, 0.15) is 65.9 Å². The van der Waals surface area contributed by atoms with Crippen LogP contribution in [0.4, 0.5) is 0 Å². The topological polar surface area (TPSA) is 116 Å². The van der Waals surface area contributed by atoms with Gasteiger partial charge in [-0.15, -0.1) is 0 Å². The maximum atomic E-state index is 12.4. The number of pyridine rings is 1. The summed E-state index contributed by atoms with van der Waals surface area (Å²) in [5.74, 6) is -1.68. The Labute approximate surface area is 144 Å². The number of aromatic amines is 1. The lowest BCUT2D eigenvalue weighted by atomic mass is 9.75. The highest BCUT2D eigenvalue weighted by molar-refractivity contribution is 6.02. The number of carboxylic acids is 1. The van der Waals surface area contributed by atoms with Gasteiger partial charge in [0, 0.05) is 17.7 Å². The van der Waals surface area contributed by atoms with Gasteiger partial charge in [0.25, 0.3) is 11.5 Å². The molecule has 25 heavy (non-hydrogen) atoms. The SMILES string of the molecule is CC1(C)CC(=O)c2cc(C(=O)NC(CC3CC3)C(=O)O)c(=O)[nH]c2C1. The van der Waals surface area contributed by atoms with Gasteiger partial charge in [0.2, 0.25) is 0 Å². The van der Waals surface area contributed by atoms with E-state index < -0.39 is 23.5 Å². The number of carboxylic acid groups (broad SMARTS) is 1. The number of amides is 1. The highest BCUT2D eigenvalue weighted by Crippen LogP contribution is 2.34. The van der Waals surface area contributed by atoms with E-state index in [1.807, 2.05) is 13.8 Å². The van der Waals surface area contributed by atoms with E-state index in [-0.39, 0.29) is 16.8 Å². The Hall–Kier alpha value is -2.44. The summed E-state index contributed by atoms with van der Waals surface area (Å²) < 4.78 is 0. The first kappa shape index (κ1) is 17.4. The maximum absolute atomic E-state index is 12.4. The summed E-state index contributed by atoms with van der Waals surface area (Å²) in [6.45, 7) is 3.89. The molecule has 3 N–H and O–H groups in total. The van der Waals surface area contributed by atoms with E-state index in [9.17, 15) is 24.3 Å². The van der Waals surface area contributed by atoms with Crippen LogP contribution >= 0.6 is 0 Å². The first-order valence-corrected chi connectivity index (χ1v) is 8.49. The summed E-state index contributed by atoms with van der Waals surface area (Å²) in [6.07, 6.45) is 3.17. The number of fused-ring (bicyclic) bond motifs is 1. The molecule has 7 nitrogen and oxygen atoms in total. The second-order valence-corrected chi connectivity index (χ2v) is 7.89. The van der Waals surface area contributed by atoms with Crippen molar-refractivity contribution in [2.75, 3.05) is 0 Å². The van der Waals surface area contributed by atoms with E-state index in [4.69, 9.17) is 0 Å². The first-order valence-electron chi connectivity index (χ1n) is 8.49. The monoisotopic (exact) mass is 346 g/mol. The van der Waals surface area contributed by atoms with Gasteiger partial charge in [0.15, 0.2) is 5.78 Å². The molecular weight excluding hydrogens is 324 g/mol. The minimum atomic E-state index is -1.12. The van der Waals surface area contributed by atoms with Crippen molar-refractivity contribution in [1.29, 1.82) is 0 Å². The molecule has 1 aromatic rings. The quantitative estimate of drug-likeness (QED) is 0.747. The van der Waals surface area contributed by atoms with E-state index in [1.165, 1.54) is 6.07 Å². The van der Waals surface area contributed by atoms with E-state index in [1.54, 1.807) is 0 Å². The molecule has 1 saturated carbocycles. The predicted molar refractivity (Wildman–Crippen MR) is 89.7 cm³/mol. The molecule has 7 heteroatoms. The lowest BCUT2D eigenvalue weighted by Crippen LogP contribution is -2.43. The highest BCUT2D eigenvalue weighted by atomic mass is 16.4. The Balaban J connectivity index is 1.86. The largest absolute Gasteiger partial charge is 0.480 e. The summed E-state index contributed by atoms with van der Waals surface area (Å²) in [5, 5.41) is 11.7. The highest BCUT2D eigenvalue weighted by Gasteiger charge is 2.34. The van der Waals surface area contributed by atoms with Crippen molar-refractivity contribution in [1.82, 2.24) is 10.3 Å². The number of H-pyrrole nitrogens is 1. The van der Waals surface area contributed by atoms with Gasteiger partial charge in [0.05, 0.1) is 0 Å². The number of carbonyl (C=O) groups excluding carboxylic acids is 2. The lowest BCUT2D eigenvalue weighted by Gasteiger charge is -2.29. The minimum Gasteiger partial charge on any atom is -0.480 e. The molecule has 2 aliphatic carbocycles. The molecule has 0 saturated heterocycles. The molecular formula is C18H22N2O5. The first-order chi connectivity index (χ1) is 11.7. The Kier molecular flexibility index (Phi) is 4.26. The van der Waals surface area contributed by atoms with Crippen LogP contribution < -0.4 is 10.9 Å². The average molecular weight is 346 g/mol. The van der Waals surface area contributed by atoms with Gasteiger partial charge in [0.1, 0.15) is 11.6 Å². The fourth-order valence-electron chi connectivity index (χ4n) is 3.34.